The highest BCUT2D eigenvalue weighted by Crippen LogP contribution is 2.39. The molecule has 1 amide bonds. The largest absolute Gasteiger partial charge is 0.497 e. The number of rotatable bonds is 8. The molecule has 0 bridgehead atoms. The number of aliphatic hydroxyl groups excluding tert-OH is 1. The Morgan fingerprint density at radius 1 is 1.20 bits per heavy atom. The predicted molar refractivity (Wildman–Crippen MR) is 156 cm³/mol. The van der Waals surface area contributed by atoms with Gasteiger partial charge in [-0.2, -0.15) is 0 Å². The van der Waals surface area contributed by atoms with Crippen molar-refractivity contribution in [1.29, 1.82) is 0 Å². The second-order valence-corrected chi connectivity index (χ2v) is 12.1. The molecule has 4 N–H and O–H groups in total. The van der Waals surface area contributed by atoms with E-state index in [1.807, 2.05) is 42.5 Å². The quantitative estimate of drug-likeness (QED) is 0.325. The number of nitrogens with zero attached hydrogens (tertiary/aromatic N) is 1. The summed E-state index contributed by atoms with van der Waals surface area (Å²) in [5, 5.41) is 25.2. The van der Waals surface area contributed by atoms with Crippen LogP contribution >= 0.6 is 0 Å². The molecule has 41 heavy (non-hydrogen) atoms. The van der Waals surface area contributed by atoms with Gasteiger partial charge in [-0.1, -0.05) is 13.0 Å². The second kappa shape index (κ2) is 11.5. The van der Waals surface area contributed by atoms with E-state index in [1.54, 1.807) is 7.11 Å². The molecule has 3 aliphatic rings. The minimum Gasteiger partial charge on any atom is -0.497 e. The summed E-state index contributed by atoms with van der Waals surface area (Å²) in [4.78, 5) is 18.8. The first kappa shape index (κ1) is 27.9. The van der Waals surface area contributed by atoms with Crippen molar-refractivity contribution in [3.63, 3.8) is 0 Å². The number of aromatic amines is 1. The van der Waals surface area contributed by atoms with Crippen LogP contribution in [0.2, 0.25) is 0 Å². The minimum atomic E-state index is -0.693. The lowest BCUT2D eigenvalue weighted by atomic mass is 9.80. The number of benzene rings is 2. The standard InChI is InChI=1S/C32H41N3O6/c1-20-18-35(14-10-27(20)36)15-13-32(38)11-8-21(9-12-32)33-31(37)26-17-24-25(34-26)4-3-5-28(24)41-30-19-40-29-16-22(39-2)6-7-23(29)30/h3-7,16-17,20-21,27,30,34,36,38H,8-15,18-19H2,1-2H3,(H,33,37)/t20-,21-,27-,30?,32+/m0/s1. The van der Waals surface area contributed by atoms with E-state index < -0.39 is 5.60 Å². The van der Waals surface area contributed by atoms with Gasteiger partial charge in [0.25, 0.3) is 5.91 Å². The van der Waals surface area contributed by atoms with E-state index in [0.717, 1.165) is 73.3 Å². The Kier molecular flexibility index (Phi) is 7.85. The molecule has 1 saturated heterocycles. The number of amides is 1. The third kappa shape index (κ3) is 6.03. The van der Waals surface area contributed by atoms with Gasteiger partial charge in [-0.25, -0.2) is 0 Å². The Bertz CT molecular complexity index is 1380. The van der Waals surface area contributed by atoms with Crippen LogP contribution in [-0.4, -0.2) is 77.1 Å². The van der Waals surface area contributed by atoms with E-state index in [1.165, 1.54) is 0 Å². The summed E-state index contributed by atoms with van der Waals surface area (Å²) < 4.78 is 17.5. The fraction of sp³-hybridized carbons (Fsp3) is 0.531. The molecule has 0 spiro atoms. The summed E-state index contributed by atoms with van der Waals surface area (Å²) in [6.45, 7) is 5.10. The molecular weight excluding hydrogens is 522 g/mol. The number of ether oxygens (including phenoxy) is 3. The van der Waals surface area contributed by atoms with Crippen molar-refractivity contribution >= 4 is 16.8 Å². The van der Waals surface area contributed by atoms with Gasteiger partial charge in [0.05, 0.1) is 18.8 Å². The molecule has 1 aromatic heterocycles. The van der Waals surface area contributed by atoms with E-state index >= 15 is 0 Å². The molecule has 2 aromatic carbocycles. The zero-order valence-corrected chi connectivity index (χ0v) is 23.9. The minimum absolute atomic E-state index is 0.0270. The second-order valence-electron chi connectivity index (χ2n) is 12.1. The molecule has 9 nitrogen and oxygen atoms in total. The van der Waals surface area contributed by atoms with Gasteiger partial charge in [0.15, 0.2) is 6.10 Å². The number of likely N-dealkylation sites (tertiary alicyclic amines) is 1. The number of methoxy groups -OCH3 is 1. The van der Waals surface area contributed by atoms with Crippen molar-refractivity contribution in [1.82, 2.24) is 15.2 Å². The topological polar surface area (TPSA) is 116 Å². The summed E-state index contributed by atoms with van der Waals surface area (Å²) in [6, 6.07) is 13.4. The van der Waals surface area contributed by atoms with Gasteiger partial charge in [-0.05, 0) is 74.8 Å². The molecule has 6 rings (SSSR count). The number of piperidine rings is 1. The van der Waals surface area contributed by atoms with Gasteiger partial charge in [0.1, 0.15) is 29.5 Å². The van der Waals surface area contributed by atoms with Gasteiger partial charge >= 0.3 is 0 Å². The van der Waals surface area contributed by atoms with Gasteiger partial charge in [0, 0.05) is 48.2 Å². The molecule has 2 aliphatic heterocycles. The van der Waals surface area contributed by atoms with Crippen molar-refractivity contribution in [3.8, 4) is 17.2 Å². The van der Waals surface area contributed by atoms with E-state index in [0.29, 0.717) is 30.9 Å². The number of aromatic nitrogens is 1. The number of carbonyl (C=O) groups is 1. The van der Waals surface area contributed by atoms with Crippen molar-refractivity contribution in [2.24, 2.45) is 5.92 Å². The highest BCUT2D eigenvalue weighted by molar-refractivity contribution is 5.99. The molecule has 3 atom stereocenters. The Hall–Kier alpha value is -3.27. The van der Waals surface area contributed by atoms with Gasteiger partial charge < -0.3 is 39.6 Å². The first-order valence-corrected chi connectivity index (χ1v) is 14.8. The summed E-state index contributed by atoms with van der Waals surface area (Å²) in [7, 11) is 1.63. The number of carbonyl (C=O) groups excluding carboxylic acids is 1. The zero-order chi connectivity index (χ0) is 28.6. The first-order valence-electron chi connectivity index (χ1n) is 14.8. The lowest BCUT2D eigenvalue weighted by molar-refractivity contribution is -0.0272. The van der Waals surface area contributed by atoms with Crippen LogP contribution in [0.15, 0.2) is 42.5 Å². The van der Waals surface area contributed by atoms with Crippen LogP contribution in [0.25, 0.3) is 10.9 Å². The van der Waals surface area contributed by atoms with E-state index in [2.05, 4.69) is 22.1 Å². The number of hydrogen-bond acceptors (Lipinski definition) is 7. The summed E-state index contributed by atoms with van der Waals surface area (Å²) >= 11 is 0. The fourth-order valence-corrected chi connectivity index (χ4v) is 6.49. The maximum absolute atomic E-state index is 13.2. The van der Waals surface area contributed by atoms with Crippen LogP contribution in [0.5, 0.6) is 17.2 Å². The highest BCUT2D eigenvalue weighted by atomic mass is 16.5. The molecule has 3 heterocycles. The molecular formula is C32H41N3O6. The SMILES string of the molecule is COc1ccc2c(c1)OCC2Oc1cccc2[nH]c(C(=O)N[C@H]3CC[C@](O)(CCN4CC[C@H](O)[C@@H](C)C4)CC3)cc12. The summed E-state index contributed by atoms with van der Waals surface area (Å²) in [6.07, 6.45) is 3.90. The number of nitrogens with one attached hydrogen (secondary N) is 2. The molecule has 1 aliphatic carbocycles. The monoisotopic (exact) mass is 563 g/mol. The van der Waals surface area contributed by atoms with Crippen LogP contribution in [0, 0.1) is 5.92 Å². The molecule has 1 unspecified atom stereocenters. The number of H-pyrrole nitrogens is 1. The zero-order valence-electron chi connectivity index (χ0n) is 23.9. The molecule has 220 valence electrons. The fourth-order valence-electron chi connectivity index (χ4n) is 6.49. The van der Waals surface area contributed by atoms with Crippen molar-refractivity contribution in [2.45, 2.75) is 69.3 Å². The Labute approximate surface area is 240 Å². The third-order valence-corrected chi connectivity index (χ3v) is 9.18. The van der Waals surface area contributed by atoms with E-state index in [4.69, 9.17) is 14.2 Å². The average Bonchev–Trinajstić information content (AvgIpc) is 3.60. The van der Waals surface area contributed by atoms with Crippen LogP contribution in [0.4, 0.5) is 0 Å². The number of aliphatic hydroxyl groups is 2. The Morgan fingerprint density at radius 2 is 2.02 bits per heavy atom. The molecule has 9 heteroatoms. The summed E-state index contributed by atoms with van der Waals surface area (Å²) in [5.74, 6) is 2.32. The van der Waals surface area contributed by atoms with E-state index in [-0.39, 0.29) is 30.1 Å². The number of hydrogen-bond donors (Lipinski definition) is 4. The number of fused-ring (bicyclic) bond motifs is 2. The molecule has 3 aromatic rings. The normalized spacial score (nSPS) is 28.2. The van der Waals surface area contributed by atoms with Crippen molar-refractivity contribution in [2.75, 3.05) is 33.4 Å². The van der Waals surface area contributed by atoms with Crippen LogP contribution in [0.3, 0.4) is 0 Å². The Balaban J connectivity index is 1.04. The first-order chi connectivity index (χ1) is 19.8. The van der Waals surface area contributed by atoms with Crippen LogP contribution in [-0.2, 0) is 0 Å². The van der Waals surface area contributed by atoms with E-state index in [9.17, 15) is 15.0 Å². The smallest absolute Gasteiger partial charge is 0.267 e. The lowest BCUT2D eigenvalue weighted by Gasteiger charge is -2.39. The van der Waals surface area contributed by atoms with Gasteiger partial charge in [-0.3, -0.25) is 4.79 Å². The van der Waals surface area contributed by atoms with Crippen molar-refractivity contribution < 1.29 is 29.2 Å². The molecule has 0 radical (unpaired) electrons. The maximum Gasteiger partial charge on any atom is 0.267 e. The van der Waals surface area contributed by atoms with Gasteiger partial charge in [-0.15, -0.1) is 0 Å². The maximum atomic E-state index is 13.2. The Morgan fingerprint density at radius 3 is 2.80 bits per heavy atom. The van der Waals surface area contributed by atoms with Crippen LogP contribution < -0.4 is 19.5 Å². The summed E-state index contributed by atoms with van der Waals surface area (Å²) in [5.41, 5.74) is 1.60. The molecule has 1 saturated carbocycles. The van der Waals surface area contributed by atoms with Crippen LogP contribution in [0.1, 0.15) is 67.6 Å². The lowest BCUT2D eigenvalue weighted by Crippen LogP contribution is -2.47. The van der Waals surface area contributed by atoms with Crippen molar-refractivity contribution in [3.05, 3.63) is 53.7 Å². The predicted octanol–water partition coefficient (Wildman–Crippen LogP) is 4.19. The van der Waals surface area contributed by atoms with Gasteiger partial charge in [0.2, 0.25) is 0 Å². The third-order valence-electron chi connectivity index (χ3n) is 9.18. The highest BCUT2D eigenvalue weighted by Gasteiger charge is 2.35. The average molecular weight is 564 g/mol. The molecule has 2 fully saturated rings.